The molecule has 0 radical (unpaired) electrons. The van der Waals surface area contributed by atoms with Crippen LogP contribution < -0.4 is 0 Å². The third-order valence-corrected chi connectivity index (χ3v) is 4.53. The first-order valence-corrected chi connectivity index (χ1v) is 8.18. The Morgan fingerprint density at radius 1 is 1.23 bits per heavy atom. The van der Waals surface area contributed by atoms with Gasteiger partial charge in [-0.15, -0.1) is 0 Å². The molecular weight excluding hydrogens is 278 g/mol. The fourth-order valence-electron chi connectivity index (χ4n) is 3.16. The number of aliphatic hydroxyl groups is 1. The van der Waals surface area contributed by atoms with Gasteiger partial charge in [0.15, 0.2) is 0 Å². The molecule has 0 heterocycles. The highest BCUT2D eigenvalue weighted by Gasteiger charge is 2.24. The number of hydrogen-bond donors (Lipinski definition) is 1. The molecular formula is C18H27NO3. The van der Waals surface area contributed by atoms with Crippen molar-refractivity contribution in [2.45, 2.75) is 44.8 Å². The van der Waals surface area contributed by atoms with Crippen LogP contribution in [0.4, 0.5) is 0 Å². The zero-order chi connectivity index (χ0) is 15.8. The van der Waals surface area contributed by atoms with Gasteiger partial charge >= 0.3 is 0 Å². The van der Waals surface area contributed by atoms with E-state index >= 15 is 0 Å². The van der Waals surface area contributed by atoms with E-state index in [1.54, 1.807) is 12.0 Å². The van der Waals surface area contributed by atoms with Gasteiger partial charge in [0.2, 0.25) is 5.91 Å². The van der Waals surface area contributed by atoms with Crippen LogP contribution in [0, 0.1) is 5.92 Å². The lowest BCUT2D eigenvalue weighted by atomic mass is 9.85. The van der Waals surface area contributed by atoms with Crippen LogP contribution in [0.3, 0.4) is 0 Å². The van der Waals surface area contributed by atoms with Crippen LogP contribution >= 0.6 is 0 Å². The smallest absolute Gasteiger partial charge is 0.223 e. The molecule has 1 aromatic carbocycles. The first-order chi connectivity index (χ1) is 10.7. The summed E-state index contributed by atoms with van der Waals surface area (Å²) in [4.78, 5) is 14.3. The Kier molecular flexibility index (Phi) is 6.87. The number of amides is 1. The quantitative estimate of drug-likeness (QED) is 0.842. The van der Waals surface area contributed by atoms with Crippen LogP contribution in [0.25, 0.3) is 0 Å². The van der Waals surface area contributed by atoms with Gasteiger partial charge in [-0.05, 0) is 37.2 Å². The van der Waals surface area contributed by atoms with Crippen LogP contribution in [0.1, 0.15) is 37.7 Å². The number of rotatable bonds is 7. The Bertz CT molecular complexity index is 441. The topological polar surface area (TPSA) is 49.8 Å². The molecule has 0 saturated heterocycles. The van der Waals surface area contributed by atoms with E-state index in [0.717, 1.165) is 31.2 Å². The SMILES string of the molecule is COC1CCC(CC(=O)N(CCO)Cc2ccccc2)CC1. The Morgan fingerprint density at radius 3 is 2.50 bits per heavy atom. The van der Waals surface area contributed by atoms with Gasteiger partial charge in [0.25, 0.3) is 0 Å². The lowest BCUT2D eigenvalue weighted by molar-refractivity contribution is -0.133. The predicted octanol–water partition coefficient (Wildman–Crippen LogP) is 2.60. The number of ether oxygens (including phenoxy) is 1. The summed E-state index contributed by atoms with van der Waals surface area (Å²) in [7, 11) is 1.76. The third kappa shape index (κ3) is 5.11. The van der Waals surface area contributed by atoms with Crippen LogP contribution in [0.5, 0.6) is 0 Å². The molecule has 22 heavy (non-hydrogen) atoms. The van der Waals surface area contributed by atoms with Gasteiger partial charge in [0, 0.05) is 26.6 Å². The molecule has 0 spiro atoms. The summed E-state index contributed by atoms with van der Waals surface area (Å²) in [5.74, 6) is 0.606. The van der Waals surface area contributed by atoms with Crippen molar-refractivity contribution in [1.29, 1.82) is 0 Å². The summed E-state index contributed by atoms with van der Waals surface area (Å²) in [5.41, 5.74) is 1.10. The fourth-order valence-corrected chi connectivity index (χ4v) is 3.16. The van der Waals surface area contributed by atoms with E-state index in [4.69, 9.17) is 4.74 Å². The molecule has 0 aliphatic heterocycles. The molecule has 2 rings (SSSR count). The number of nitrogens with zero attached hydrogens (tertiary/aromatic N) is 1. The van der Waals surface area contributed by atoms with Crippen molar-refractivity contribution in [1.82, 2.24) is 4.90 Å². The monoisotopic (exact) mass is 305 g/mol. The highest BCUT2D eigenvalue weighted by Crippen LogP contribution is 2.28. The second kappa shape index (κ2) is 8.91. The summed E-state index contributed by atoms with van der Waals surface area (Å²) < 4.78 is 5.38. The van der Waals surface area contributed by atoms with Crippen molar-refractivity contribution in [3.63, 3.8) is 0 Å². The van der Waals surface area contributed by atoms with Gasteiger partial charge in [-0.3, -0.25) is 4.79 Å². The molecule has 0 bridgehead atoms. The summed E-state index contributed by atoms with van der Waals surface area (Å²) in [6, 6.07) is 9.95. The first-order valence-electron chi connectivity index (χ1n) is 8.18. The number of carbonyl (C=O) groups excluding carboxylic acids is 1. The van der Waals surface area contributed by atoms with Gasteiger partial charge < -0.3 is 14.7 Å². The van der Waals surface area contributed by atoms with Crippen molar-refractivity contribution in [3.05, 3.63) is 35.9 Å². The summed E-state index contributed by atoms with van der Waals surface area (Å²) in [6.07, 6.45) is 5.17. The van der Waals surface area contributed by atoms with E-state index in [9.17, 15) is 9.90 Å². The van der Waals surface area contributed by atoms with E-state index in [-0.39, 0.29) is 12.5 Å². The lowest BCUT2D eigenvalue weighted by Gasteiger charge is -2.29. The normalized spacial score (nSPS) is 21.5. The van der Waals surface area contributed by atoms with Gasteiger partial charge in [-0.25, -0.2) is 0 Å². The molecule has 0 aromatic heterocycles. The van der Waals surface area contributed by atoms with Crippen LogP contribution in [0.2, 0.25) is 0 Å². The van der Waals surface area contributed by atoms with Crippen molar-refractivity contribution >= 4 is 5.91 Å². The van der Waals surface area contributed by atoms with E-state index in [1.165, 1.54) is 0 Å². The molecule has 4 nitrogen and oxygen atoms in total. The number of benzene rings is 1. The van der Waals surface area contributed by atoms with Crippen molar-refractivity contribution < 1.29 is 14.6 Å². The molecule has 122 valence electrons. The standard InChI is InChI=1S/C18H27NO3/c1-22-17-9-7-15(8-10-17)13-18(21)19(11-12-20)14-16-5-3-2-4-6-16/h2-6,15,17,20H,7-14H2,1H3. The minimum atomic E-state index is 0.00892. The molecule has 4 heteroatoms. The van der Waals surface area contributed by atoms with Crippen molar-refractivity contribution in [2.75, 3.05) is 20.3 Å². The maximum atomic E-state index is 12.5. The zero-order valence-corrected chi connectivity index (χ0v) is 13.4. The Labute approximate surface area is 133 Å². The van der Waals surface area contributed by atoms with E-state index in [2.05, 4.69) is 0 Å². The van der Waals surface area contributed by atoms with Crippen molar-refractivity contribution in [3.8, 4) is 0 Å². The minimum Gasteiger partial charge on any atom is -0.395 e. The third-order valence-electron chi connectivity index (χ3n) is 4.53. The largest absolute Gasteiger partial charge is 0.395 e. The number of methoxy groups -OCH3 is 1. The van der Waals surface area contributed by atoms with Gasteiger partial charge in [-0.1, -0.05) is 30.3 Å². The Balaban J connectivity index is 1.87. The van der Waals surface area contributed by atoms with Crippen LogP contribution in [-0.4, -0.2) is 42.3 Å². The molecule has 1 amide bonds. The average molecular weight is 305 g/mol. The van der Waals surface area contributed by atoms with Gasteiger partial charge in [-0.2, -0.15) is 0 Å². The minimum absolute atomic E-state index is 0.00892. The second-order valence-corrected chi connectivity index (χ2v) is 6.11. The maximum absolute atomic E-state index is 12.5. The number of aliphatic hydroxyl groups excluding tert-OH is 1. The molecule has 0 atom stereocenters. The van der Waals surface area contributed by atoms with E-state index in [1.807, 2.05) is 30.3 Å². The van der Waals surface area contributed by atoms with E-state index in [0.29, 0.717) is 31.5 Å². The molecule has 0 unspecified atom stereocenters. The van der Waals surface area contributed by atoms with Crippen molar-refractivity contribution in [2.24, 2.45) is 5.92 Å². The molecule has 1 aromatic rings. The molecule has 1 saturated carbocycles. The molecule has 1 N–H and O–H groups in total. The average Bonchev–Trinajstić information content (AvgIpc) is 2.56. The summed E-state index contributed by atoms with van der Waals surface area (Å²) in [6.45, 7) is 0.990. The zero-order valence-electron chi connectivity index (χ0n) is 13.4. The van der Waals surface area contributed by atoms with Crippen LogP contribution in [-0.2, 0) is 16.1 Å². The predicted molar refractivity (Wildman–Crippen MR) is 86.3 cm³/mol. The van der Waals surface area contributed by atoms with E-state index < -0.39 is 0 Å². The number of hydrogen-bond acceptors (Lipinski definition) is 3. The van der Waals surface area contributed by atoms with Crippen LogP contribution in [0.15, 0.2) is 30.3 Å². The van der Waals surface area contributed by atoms with Gasteiger partial charge in [0.1, 0.15) is 0 Å². The Morgan fingerprint density at radius 2 is 1.91 bits per heavy atom. The lowest BCUT2D eigenvalue weighted by Crippen LogP contribution is -2.35. The van der Waals surface area contributed by atoms with Gasteiger partial charge in [0.05, 0.1) is 12.7 Å². The maximum Gasteiger partial charge on any atom is 0.223 e. The first kappa shape index (κ1) is 17.0. The molecule has 1 fully saturated rings. The Hall–Kier alpha value is -1.39. The highest BCUT2D eigenvalue weighted by atomic mass is 16.5. The number of carbonyl (C=O) groups is 1. The second-order valence-electron chi connectivity index (χ2n) is 6.11. The molecule has 1 aliphatic carbocycles. The summed E-state index contributed by atoms with van der Waals surface area (Å²) in [5, 5.41) is 9.23. The fraction of sp³-hybridized carbons (Fsp3) is 0.611. The summed E-state index contributed by atoms with van der Waals surface area (Å²) >= 11 is 0. The molecule has 1 aliphatic rings. The highest BCUT2D eigenvalue weighted by molar-refractivity contribution is 5.76.